The van der Waals surface area contributed by atoms with Gasteiger partial charge in [-0.2, -0.15) is 0 Å². The first-order chi connectivity index (χ1) is 9.61. The monoisotopic (exact) mass is 274 g/mol. The Hall–Kier alpha value is -2.50. The fourth-order valence-electron chi connectivity index (χ4n) is 1.81. The number of pyridine rings is 2. The Bertz CT molecular complexity index is 603. The molecule has 0 spiro atoms. The van der Waals surface area contributed by atoms with Crippen molar-refractivity contribution in [3.63, 3.8) is 0 Å². The lowest BCUT2D eigenvalue weighted by Crippen LogP contribution is -2.31. The highest BCUT2D eigenvalue weighted by Crippen LogP contribution is 2.14. The number of carbonyl (C=O) groups is 1. The second-order valence-electron chi connectivity index (χ2n) is 4.23. The van der Waals surface area contributed by atoms with E-state index >= 15 is 0 Å². The van der Waals surface area contributed by atoms with Crippen molar-refractivity contribution in [1.82, 2.24) is 14.9 Å². The van der Waals surface area contributed by atoms with Gasteiger partial charge in [-0.15, -0.1) is 0 Å². The quantitative estimate of drug-likeness (QED) is 0.923. The first-order valence-corrected chi connectivity index (χ1v) is 6.22. The predicted octanol–water partition coefficient (Wildman–Crippen LogP) is 1.86. The molecular weight excluding hydrogens is 259 g/mol. The number of anilines is 1. The molecule has 2 aromatic rings. The molecular formula is C14H15FN4O. The van der Waals surface area contributed by atoms with E-state index in [-0.39, 0.29) is 17.3 Å². The van der Waals surface area contributed by atoms with Gasteiger partial charge in [-0.3, -0.25) is 9.78 Å². The molecule has 0 saturated heterocycles. The number of hydrogen-bond donors (Lipinski definition) is 1. The summed E-state index contributed by atoms with van der Waals surface area (Å²) in [5.41, 5.74) is 6.46. The maximum Gasteiger partial charge on any atom is 0.258 e. The van der Waals surface area contributed by atoms with E-state index in [1.54, 1.807) is 12.3 Å². The summed E-state index contributed by atoms with van der Waals surface area (Å²) >= 11 is 0. The number of amides is 1. The summed E-state index contributed by atoms with van der Waals surface area (Å²) in [6, 6.07) is 6.57. The van der Waals surface area contributed by atoms with Crippen molar-refractivity contribution in [2.45, 2.75) is 13.5 Å². The van der Waals surface area contributed by atoms with Crippen molar-refractivity contribution in [3.8, 4) is 0 Å². The van der Waals surface area contributed by atoms with Crippen LogP contribution in [0.5, 0.6) is 0 Å². The first kappa shape index (κ1) is 13.9. The molecule has 0 atom stereocenters. The topological polar surface area (TPSA) is 72.1 Å². The van der Waals surface area contributed by atoms with E-state index in [4.69, 9.17) is 5.73 Å². The highest BCUT2D eigenvalue weighted by atomic mass is 19.1. The summed E-state index contributed by atoms with van der Waals surface area (Å²) < 4.78 is 13.2. The normalized spacial score (nSPS) is 10.3. The molecule has 0 bridgehead atoms. The predicted molar refractivity (Wildman–Crippen MR) is 73.3 cm³/mol. The average molecular weight is 274 g/mol. The summed E-state index contributed by atoms with van der Waals surface area (Å²) in [5, 5.41) is 0. The zero-order chi connectivity index (χ0) is 14.5. The molecule has 0 aromatic carbocycles. The van der Waals surface area contributed by atoms with E-state index in [2.05, 4.69) is 9.97 Å². The zero-order valence-electron chi connectivity index (χ0n) is 11.1. The van der Waals surface area contributed by atoms with E-state index < -0.39 is 5.82 Å². The highest BCUT2D eigenvalue weighted by Gasteiger charge is 2.19. The number of aromatic nitrogens is 2. The Morgan fingerprint density at radius 2 is 2.20 bits per heavy atom. The zero-order valence-corrected chi connectivity index (χ0v) is 11.1. The number of hydrogen-bond acceptors (Lipinski definition) is 4. The van der Waals surface area contributed by atoms with Crippen molar-refractivity contribution in [2.75, 3.05) is 12.3 Å². The third-order valence-corrected chi connectivity index (χ3v) is 2.86. The van der Waals surface area contributed by atoms with E-state index in [0.717, 1.165) is 18.0 Å². The van der Waals surface area contributed by atoms with Gasteiger partial charge in [-0.25, -0.2) is 9.37 Å². The maximum absolute atomic E-state index is 13.2. The van der Waals surface area contributed by atoms with Crippen LogP contribution in [-0.2, 0) is 6.54 Å². The van der Waals surface area contributed by atoms with Gasteiger partial charge in [-0.05, 0) is 25.1 Å². The van der Waals surface area contributed by atoms with Crippen LogP contribution in [-0.4, -0.2) is 27.3 Å². The van der Waals surface area contributed by atoms with Crippen molar-refractivity contribution >= 4 is 11.7 Å². The van der Waals surface area contributed by atoms with Gasteiger partial charge in [0.1, 0.15) is 11.6 Å². The molecule has 5 nitrogen and oxygen atoms in total. The largest absolute Gasteiger partial charge is 0.383 e. The van der Waals surface area contributed by atoms with E-state index in [1.807, 2.05) is 19.1 Å². The van der Waals surface area contributed by atoms with Crippen LogP contribution >= 0.6 is 0 Å². The van der Waals surface area contributed by atoms with Crippen molar-refractivity contribution in [1.29, 1.82) is 0 Å². The molecule has 0 aliphatic rings. The van der Waals surface area contributed by atoms with E-state index in [9.17, 15) is 9.18 Å². The standard InChI is InChI=1S/C14H15FN4O/c1-2-19(9-11-5-3-4-6-17-11)14(20)12-7-10(15)8-18-13(12)16/h3-8H,2,9H2,1H3,(H2,16,18). The van der Waals surface area contributed by atoms with Gasteiger partial charge in [-0.1, -0.05) is 6.07 Å². The van der Waals surface area contributed by atoms with Crippen LogP contribution in [0.15, 0.2) is 36.7 Å². The molecule has 1 amide bonds. The van der Waals surface area contributed by atoms with Crippen LogP contribution in [0.2, 0.25) is 0 Å². The summed E-state index contributed by atoms with van der Waals surface area (Å²) in [6.45, 7) is 2.64. The van der Waals surface area contributed by atoms with Gasteiger partial charge in [0, 0.05) is 12.7 Å². The minimum absolute atomic E-state index is 0.0240. The lowest BCUT2D eigenvalue weighted by molar-refractivity contribution is 0.0751. The fraction of sp³-hybridized carbons (Fsp3) is 0.214. The van der Waals surface area contributed by atoms with Gasteiger partial charge >= 0.3 is 0 Å². The van der Waals surface area contributed by atoms with Crippen LogP contribution in [0.3, 0.4) is 0 Å². The SMILES string of the molecule is CCN(Cc1ccccn1)C(=O)c1cc(F)cnc1N. The molecule has 6 heteroatoms. The number of carbonyl (C=O) groups excluding carboxylic acids is 1. The lowest BCUT2D eigenvalue weighted by Gasteiger charge is -2.21. The highest BCUT2D eigenvalue weighted by molar-refractivity contribution is 5.98. The molecule has 2 rings (SSSR count). The number of nitrogen functional groups attached to an aromatic ring is 1. The van der Waals surface area contributed by atoms with E-state index in [0.29, 0.717) is 13.1 Å². The number of halogens is 1. The minimum atomic E-state index is -0.587. The molecule has 2 N–H and O–H groups in total. The van der Waals surface area contributed by atoms with Crippen LogP contribution in [0, 0.1) is 5.82 Å². The molecule has 2 aromatic heterocycles. The molecule has 0 aliphatic carbocycles. The average Bonchev–Trinajstić information content (AvgIpc) is 2.47. The number of nitrogens with two attached hydrogens (primary N) is 1. The Morgan fingerprint density at radius 1 is 1.40 bits per heavy atom. The maximum atomic E-state index is 13.2. The van der Waals surface area contributed by atoms with Gasteiger partial charge in [0.25, 0.3) is 5.91 Å². The fourth-order valence-corrected chi connectivity index (χ4v) is 1.81. The van der Waals surface area contributed by atoms with Crippen LogP contribution in [0.1, 0.15) is 23.0 Å². The Labute approximate surface area is 116 Å². The van der Waals surface area contributed by atoms with Gasteiger partial charge in [0.15, 0.2) is 0 Å². The van der Waals surface area contributed by atoms with Crippen LogP contribution in [0.25, 0.3) is 0 Å². The number of nitrogens with zero attached hydrogens (tertiary/aromatic N) is 3. The second kappa shape index (κ2) is 6.10. The molecule has 0 unspecified atom stereocenters. The lowest BCUT2D eigenvalue weighted by atomic mass is 10.2. The summed E-state index contributed by atoms with van der Waals surface area (Å²) in [4.78, 5) is 21.7. The molecule has 0 fully saturated rings. The summed E-state index contributed by atoms with van der Waals surface area (Å²) in [6.07, 6.45) is 2.65. The Kier molecular flexibility index (Phi) is 4.24. The molecule has 2 heterocycles. The summed E-state index contributed by atoms with van der Waals surface area (Å²) in [5.74, 6) is -0.921. The van der Waals surface area contributed by atoms with Crippen molar-refractivity contribution in [2.24, 2.45) is 0 Å². The van der Waals surface area contributed by atoms with Gasteiger partial charge in [0.2, 0.25) is 0 Å². The van der Waals surface area contributed by atoms with Crippen LogP contribution < -0.4 is 5.73 Å². The van der Waals surface area contributed by atoms with Gasteiger partial charge < -0.3 is 10.6 Å². The van der Waals surface area contributed by atoms with E-state index in [1.165, 1.54) is 4.90 Å². The molecule has 0 radical (unpaired) electrons. The van der Waals surface area contributed by atoms with Crippen molar-refractivity contribution < 1.29 is 9.18 Å². The number of rotatable bonds is 4. The van der Waals surface area contributed by atoms with Crippen molar-refractivity contribution in [3.05, 3.63) is 53.7 Å². The Balaban J connectivity index is 2.23. The third-order valence-electron chi connectivity index (χ3n) is 2.86. The molecule has 0 saturated carbocycles. The molecule has 104 valence electrons. The van der Waals surface area contributed by atoms with Crippen LogP contribution in [0.4, 0.5) is 10.2 Å². The Morgan fingerprint density at radius 3 is 2.85 bits per heavy atom. The minimum Gasteiger partial charge on any atom is -0.383 e. The third kappa shape index (κ3) is 3.09. The second-order valence-corrected chi connectivity index (χ2v) is 4.23. The molecule has 20 heavy (non-hydrogen) atoms. The van der Waals surface area contributed by atoms with Gasteiger partial charge in [0.05, 0.1) is 24.0 Å². The first-order valence-electron chi connectivity index (χ1n) is 6.22. The smallest absolute Gasteiger partial charge is 0.258 e. The molecule has 0 aliphatic heterocycles. The summed E-state index contributed by atoms with van der Waals surface area (Å²) in [7, 11) is 0.